The van der Waals surface area contributed by atoms with Gasteiger partial charge in [-0.1, -0.05) is 37.3 Å². The van der Waals surface area contributed by atoms with Crippen molar-refractivity contribution in [3.8, 4) is 5.75 Å². The van der Waals surface area contributed by atoms with Crippen molar-refractivity contribution in [1.29, 1.82) is 0 Å². The Morgan fingerprint density at radius 2 is 1.88 bits per heavy atom. The Morgan fingerprint density at radius 1 is 1.12 bits per heavy atom. The van der Waals surface area contributed by atoms with E-state index < -0.39 is 0 Å². The second-order valence-electron chi connectivity index (χ2n) is 6.03. The normalized spacial score (nSPS) is 11.7. The molecule has 2 aromatic carbocycles. The van der Waals surface area contributed by atoms with Crippen molar-refractivity contribution >= 4 is 5.97 Å². The van der Waals surface area contributed by atoms with Gasteiger partial charge in [0.2, 0.25) is 0 Å². The highest BCUT2D eigenvalue weighted by molar-refractivity contribution is 5.89. The van der Waals surface area contributed by atoms with E-state index in [1.807, 2.05) is 30.3 Å². The lowest BCUT2D eigenvalue weighted by Crippen LogP contribution is -2.16. The summed E-state index contributed by atoms with van der Waals surface area (Å²) in [7, 11) is 0. The van der Waals surface area contributed by atoms with Gasteiger partial charge in [0.1, 0.15) is 18.7 Å². The van der Waals surface area contributed by atoms with Crippen molar-refractivity contribution in [3.63, 3.8) is 0 Å². The molecule has 0 N–H and O–H groups in total. The number of nitrogens with zero attached hydrogens (tertiary/aromatic N) is 4. The van der Waals surface area contributed by atoms with Crippen LogP contribution in [0.15, 0.2) is 60.9 Å². The highest BCUT2D eigenvalue weighted by Gasteiger charge is 2.09. The van der Waals surface area contributed by atoms with Gasteiger partial charge in [0.15, 0.2) is 0 Å². The van der Waals surface area contributed by atoms with E-state index in [0.29, 0.717) is 24.5 Å². The smallest absolute Gasteiger partial charge is 0.338 e. The van der Waals surface area contributed by atoms with E-state index in [4.69, 9.17) is 9.47 Å². The van der Waals surface area contributed by atoms with Crippen molar-refractivity contribution in [2.24, 2.45) is 5.92 Å². The van der Waals surface area contributed by atoms with Gasteiger partial charge in [-0.05, 0) is 40.3 Å². The summed E-state index contributed by atoms with van der Waals surface area (Å²) in [6.07, 6.45) is 1.58. The molecule has 0 spiro atoms. The van der Waals surface area contributed by atoms with Crippen LogP contribution in [0.1, 0.15) is 22.8 Å². The molecule has 3 rings (SSSR count). The van der Waals surface area contributed by atoms with Gasteiger partial charge < -0.3 is 9.47 Å². The third kappa shape index (κ3) is 5.14. The molecular weight excluding hydrogens is 332 g/mol. The molecule has 7 heteroatoms. The van der Waals surface area contributed by atoms with Crippen LogP contribution in [0.5, 0.6) is 5.75 Å². The second-order valence-corrected chi connectivity index (χ2v) is 6.03. The van der Waals surface area contributed by atoms with Crippen LogP contribution in [0, 0.1) is 5.92 Å². The molecule has 0 aliphatic heterocycles. The van der Waals surface area contributed by atoms with Crippen LogP contribution < -0.4 is 4.74 Å². The maximum absolute atomic E-state index is 12.1. The average molecular weight is 352 g/mol. The van der Waals surface area contributed by atoms with Crippen LogP contribution in [-0.2, 0) is 17.9 Å². The van der Waals surface area contributed by atoms with Crippen LogP contribution >= 0.6 is 0 Å². The summed E-state index contributed by atoms with van der Waals surface area (Å²) in [6, 6.07) is 16.5. The summed E-state index contributed by atoms with van der Waals surface area (Å²) in [5.74, 6) is 0.592. The summed E-state index contributed by atoms with van der Waals surface area (Å²) in [5.41, 5.74) is 1.45. The van der Waals surface area contributed by atoms with Gasteiger partial charge in [-0.2, -0.15) is 0 Å². The van der Waals surface area contributed by atoms with Gasteiger partial charge >= 0.3 is 5.97 Å². The van der Waals surface area contributed by atoms with E-state index >= 15 is 0 Å². The Bertz CT molecular complexity index is 805. The van der Waals surface area contributed by atoms with E-state index in [1.54, 1.807) is 35.3 Å². The van der Waals surface area contributed by atoms with Gasteiger partial charge in [-0.15, -0.1) is 5.10 Å². The minimum absolute atomic E-state index is 0.244. The molecule has 134 valence electrons. The molecule has 1 atom stereocenters. The Labute approximate surface area is 151 Å². The van der Waals surface area contributed by atoms with E-state index in [1.165, 1.54) is 0 Å². The molecule has 0 fully saturated rings. The number of aromatic nitrogens is 4. The minimum Gasteiger partial charge on any atom is -0.493 e. The lowest BCUT2D eigenvalue weighted by molar-refractivity contribution is 0.0472. The molecule has 1 heterocycles. The first-order valence-corrected chi connectivity index (χ1v) is 8.35. The lowest BCUT2D eigenvalue weighted by atomic mass is 10.2. The zero-order chi connectivity index (χ0) is 18.2. The Morgan fingerprint density at radius 3 is 2.58 bits per heavy atom. The summed E-state index contributed by atoms with van der Waals surface area (Å²) in [4.78, 5) is 12.1. The number of esters is 1. The number of hydrogen-bond donors (Lipinski definition) is 0. The second kappa shape index (κ2) is 8.75. The molecule has 0 radical (unpaired) electrons. The number of carbonyl (C=O) groups excluding carboxylic acids is 1. The lowest BCUT2D eigenvalue weighted by Gasteiger charge is -2.12. The Kier molecular flexibility index (Phi) is 5.92. The fourth-order valence-electron chi connectivity index (χ4n) is 2.37. The Balaban J connectivity index is 1.46. The van der Waals surface area contributed by atoms with Crippen molar-refractivity contribution in [2.45, 2.75) is 20.1 Å². The predicted molar refractivity (Wildman–Crippen MR) is 94.5 cm³/mol. The first-order chi connectivity index (χ1) is 12.7. The van der Waals surface area contributed by atoms with Crippen LogP contribution in [0.25, 0.3) is 0 Å². The topological polar surface area (TPSA) is 79.1 Å². The molecule has 3 aromatic rings. The molecule has 26 heavy (non-hydrogen) atoms. The monoisotopic (exact) mass is 352 g/mol. The maximum Gasteiger partial charge on any atom is 0.338 e. The highest BCUT2D eigenvalue weighted by atomic mass is 16.5. The largest absolute Gasteiger partial charge is 0.493 e. The molecule has 1 unspecified atom stereocenters. The number of carbonyl (C=O) groups is 1. The summed E-state index contributed by atoms with van der Waals surface area (Å²) in [6.45, 7) is 3.51. The van der Waals surface area contributed by atoms with Crippen molar-refractivity contribution in [1.82, 2.24) is 20.2 Å². The molecule has 0 aliphatic rings. The summed E-state index contributed by atoms with van der Waals surface area (Å²) in [5, 5.41) is 11.0. The molecule has 7 nitrogen and oxygen atoms in total. The molecule has 0 aliphatic carbocycles. The van der Waals surface area contributed by atoms with Crippen LogP contribution in [0.2, 0.25) is 0 Å². The number of hydrogen-bond acceptors (Lipinski definition) is 6. The third-order valence-corrected chi connectivity index (χ3v) is 3.73. The van der Waals surface area contributed by atoms with Crippen molar-refractivity contribution in [2.75, 3.05) is 6.61 Å². The van der Waals surface area contributed by atoms with Crippen LogP contribution in [0.4, 0.5) is 0 Å². The van der Waals surface area contributed by atoms with Gasteiger partial charge in [-0.25, -0.2) is 9.48 Å². The molecule has 0 bridgehead atoms. The number of ether oxygens (including phenoxy) is 2. The highest BCUT2D eigenvalue weighted by Crippen LogP contribution is 2.15. The third-order valence-electron chi connectivity index (χ3n) is 3.73. The van der Waals surface area contributed by atoms with Gasteiger partial charge in [-0.3, -0.25) is 0 Å². The predicted octanol–water partition coefficient (Wildman–Crippen LogP) is 2.75. The van der Waals surface area contributed by atoms with E-state index in [2.05, 4.69) is 22.4 Å². The van der Waals surface area contributed by atoms with Gasteiger partial charge in [0.05, 0.1) is 18.7 Å². The fourth-order valence-corrected chi connectivity index (χ4v) is 2.37. The van der Waals surface area contributed by atoms with Crippen molar-refractivity contribution < 1.29 is 14.3 Å². The van der Waals surface area contributed by atoms with Crippen molar-refractivity contribution in [3.05, 3.63) is 72.1 Å². The molecular formula is C19H20N4O3. The first kappa shape index (κ1) is 17.6. The maximum atomic E-state index is 12.1. The zero-order valence-corrected chi connectivity index (χ0v) is 14.5. The van der Waals surface area contributed by atoms with Crippen LogP contribution in [0.3, 0.4) is 0 Å². The number of tetrazole rings is 1. The average Bonchev–Trinajstić information content (AvgIpc) is 3.18. The molecule has 0 saturated heterocycles. The van der Waals surface area contributed by atoms with E-state index in [-0.39, 0.29) is 18.5 Å². The first-order valence-electron chi connectivity index (χ1n) is 8.35. The number of benzene rings is 2. The van der Waals surface area contributed by atoms with Crippen LogP contribution in [-0.4, -0.2) is 32.8 Å². The summed E-state index contributed by atoms with van der Waals surface area (Å²) >= 11 is 0. The standard InChI is InChI=1S/C19H20N4O3/c1-15(11-23-14-20-21-22-23)12-25-18-9-7-17(8-10-18)19(24)26-13-16-5-3-2-4-6-16/h2-10,14-15H,11-13H2,1H3. The van der Waals surface area contributed by atoms with Gasteiger partial charge in [0.25, 0.3) is 0 Å². The SMILES string of the molecule is CC(COc1ccc(C(=O)OCc2ccccc2)cc1)Cn1cnnn1. The molecule has 1 aromatic heterocycles. The van der Waals surface area contributed by atoms with Gasteiger partial charge in [0, 0.05) is 5.92 Å². The van der Waals surface area contributed by atoms with E-state index in [9.17, 15) is 4.79 Å². The zero-order valence-electron chi connectivity index (χ0n) is 14.5. The molecule has 0 saturated carbocycles. The fraction of sp³-hybridized carbons (Fsp3) is 0.263. The summed E-state index contributed by atoms with van der Waals surface area (Å²) < 4.78 is 12.7. The Hall–Kier alpha value is -3.22. The molecule has 0 amide bonds. The number of rotatable bonds is 8. The van der Waals surface area contributed by atoms with E-state index in [0.717, 1.165) is 5.56 Å². The quantitative estimate of drug-likeness (QED) is 0.580. The minimum atomic E-state index is -0.354.